The number of amides is 1. The molecule has 0 unspecified atom stereocenters. The van der Waals surface area contributed by atoms with Gasteiger partial charge in [0.15, 0.2) is 5.82 Å². The summed E-state index contributed by atoms with van der Waals surface area (Å²) in [6.45, 7) is 5.63. The maximum absolute atomic E-state index is 13.1. The van der Waals surface area contributed by atoms with Gasteiger partial charge in [0.2, 0.25) is 0 Å². The largest absolute Gasteiger partial charge is 0.507 e. The normalized spacial score (nSPS) is 17.3. The highest BCUT2D eigenvalue weighted by Crippen LogP contribution is 2.42. The number of aliphatic hydroxyl groups is 1. The molecule has 0 saturated carbocycles. The number of methoxy groups -OCH3 is 1. The van der Waals surface area contributed by atoms with Crippen molar-refractivity contribution in [1.82, 2.24) is 5.16 Å². The SMILES string of the molecule is C=CCOc1ccc(/C(O)=C2\C(=O)C(=O)N(c3cc(C)on3)[C@H]2c2ccc(OC)cc2)cc1. The quantitative estimate of drug-likeness (QED) is 0.251. The summed E-state index contributed by atoms with van der Waals surface area (Å²) in [5.74, 6) is -0.0670. The molecule has 1 N–H and O–H groups in total. The number of anilines is 1. The molecule has 2 aromatic carbocycles. The lowest BCUT2D eigenvalue weighted by molar-refractivity contribution is -0.132. The Kier molecular flexibility index (Phi) is 5.99. The Morgan fingerprint density at radius 3 is 2.39 bits per heavy atom. The Labute approximate surface area is 190 Å². The van der Waals surface area contributed by atoms with E-state index in [2.05, 4.69) is 11.7 Å². The molecule has 33 heavy (non-hydrogen) atoms. The summed E-state index contributed by atoms with van der Waals surface area (Å²) < 4.78 is 15.8. The number of hydrogen-bond donors (Lipinski definition) is 1. The van der Waals surface area contributed by atoms with Gasteiger partial charge in [-0.1, -0.05) is 29.9 Å². The van der Waals surface area contributed by atoms with Gasteiger partial charge in [0.1, 0.15) is 29.6 Å². The van der Waals surface area contributed by atoms with Crippen LogP contribution in [0.2, 0.25) is 0 Å². The van der Waals surface area contributed by atoms with E-state index in [1.165, 1.54) is 4.90 Å². The van der Waals surface area contributed by atoms with Crippen molar-refractivity contribution in [3.8, 4) is 11.5 Å². The predicted molar refractivity (Wildman–Crippen MR) is 121 cm³/mol. The second kappa shape index (κ2) is 9.04. The minimum Gasteiger partial charge on any atom is -0.507 e. The van der Waals surface area contributed by atoms with E-state index >= 15 is 0 Å². The number of benzene rings is 2. The first kappa shape index (κ1) is 21.9. The maximum Gasteiger partial charge on any atom is 0.301 e. The third kappa shape index (κ3) is 4.10. The topological polar surface area (TPSA) is 102 Å². The Hall–Kier alpha value is -4.33. The van der Waals surface area contributed by atoms with Crippen molar-refractivity contribution in [1.29, 1.82) is 0 Å². The molecule has 1 fully saturated rings. The van der Waals surface area contributed by atoms with Gasteiger partial charge in [0.05, 0.1) is 18.7 Å². The van der Waals surface area contributed by atoms with Crippen LogP contribution in [0.4, 0.5) is 5.82 Å². The average molecular weight is 446 g/mol. The minimum atomic E-state index is -0.905. The number of ketones is 1. The highest BCUT2D eigenvalue weighted by molar-refractivity contribution is 6.51. The van der Waals surface area contributed by atoms with Crippen molar-refractivity contribution in [3.63, 3.8) is 0 Å². The number of rotatable bonds is 7. The fraction of sp³-hybridized carbons (Fsp3) is 0.160. The summed E-state index contributed by atoms with van der Waals surface area (Å²) in [7, 11) is 1.54. The zero-order valence-corrected chi connectivity index (χ0v) is 18.1. The average Bonchev–Trinajstić information content (AvgIpc) is 3.38. The van der Waals surface area contributed by atoms with Crippen LogP contribution in [0.25, 0.3) is 5.76 Å². The Morgan fingerprint density at radius 2 is 1.82 bits per heavy atom. The summed E-state index contributed by atoms with van der Waals surface area (Å²) in [5, 5.41) is 15.1. The number of aromatic nitrogens is 1. The molecule has 1 saturated heterocycles. The van der Waals surface area contributed by atoms with Crippen molar-refractivity contribution >= 4 is 23.3 Å². The monoisotopic (exact) mass is 446 g/mol. The fourth-order valence-corrected chi connectivity index (χ4v) is 3.66. The third-order valence-electron chi connectivity index (χ3n) is 5.23. The van der Waals surface area contributed by atoms with E-state index < -0.39 is 17.7 Å². The van der Waals surface area contributed by atoms with Gasteiger partial charge < -0.3 is 19.1 Å². The summed E-state index contributed by atoms with van der Waals surface area (Å²) >= 11 is 0. The first-order valence-corrected chi connectivity index (χ1v) is 10.2. The molecule has 4 rings (SSSR count). The number of ether oxygens (including phenoxy) is 2. The maximum atomic E-state index is 13.1. The van der Waals surface area contributed by atoms with Crippen molar-refractivity contribution in [2.45, 2.75) is 13.0 Å². The summed E-state index contributed by atoms with van der Waals surface area (Å²) in [4.78, 5) is 27.4. The van der Waals surface area contributed by atoms with Crippen molar-refractivity contribution in [2.75, 3.05) is 18.6 Å². The van der Waals surface area contributed by atoms with Gasteiger partial charge in [-0.2, -0.15) is 0 Å². The number of carbonyl (C=O) groups is 2. The molecule has 0 spiro atoms. The van der Waals surface area contributed by atoms with Crippen molar-refractivity contribution in [2.24, 2.45) is 0 Å². The molecule has 8 heteroatoms. The van der Waals surface area contributed by atoms with Gasteiger partial charge in [-0.3, -0.25) is 14.5 Å². The number of nitrogens with zero attached hydrogens (tertiary/aromatic N) is 2. The number of aryl methyl sites for hydroxylation is 1. The van der Waals surface area contributed by atoms with E-state index in [4.69, 9.17) is 14.0 Å². The van der Waals surface area contributed by atoms with Crippen LogP contribution in [0.15, 0.2) is 77.3 Å². The Bertz CT molecular complexity index is 1220. The molecule has 1 aliphatic heterocycles. The van der Waals surface area contributed by atoms with E-state index in [0.717, 1.165) is 0 Å². The molecule has 8 nitrogen and oxygen atoms in total. The van der Waals surface area contributed by atoms with Gasteiger partial charge in [0, 0.05) is 11.6 Å². The van der Waals surface area contributed by atoms with Crippen LogP contribution in [0.1, 0.15) is 22.9 Å². The van der Waals surface area contributed by atoms with Crippen molar-refractivity contribution < 1.29 is 28.7 Å². The number of Topliss-reactive ketones (excluding diaryl/α,β-unsaturated/α-hetero) is 1. The van der Waals surface area contributed by atoms with Crippen molar-refractivity contribution in [3.05, 3.63) is 89.7 Å². The van der Waals surface area contributed by atoms with Gasteiger partial charge >= 0.3 is 5.91 Å². The number of aliphatic hydroxyl groups excluding tert-OH is 1. The smallest absolute Gasteiger partial charge is 0.301 e. The Balaban J connectivity index is 1.83. The molecule has 1 amide bonds. The summed E-state index contributed by atoms with van der Waals surface area (Å²) in [6, 6.07) is 14.1. The lowest BCUT2D eigenvalue weighted by Crippen LogP contribution is -2.29. The van der Waals surface area contributed by atoms with E-state index in [1.807, 2.05) is 0 Å². The minimum absolute atomic E-state index is 0.0504. The molecule has 0 radical (unpaired) electrons. The van der Waals surface area contributed by atoms with E-state index in [0.29, 0.717) is 35.0 Å². The first-order chi connectivity index (χ1) is 15.9. The lowest BCUT2D eigenvalue weighted by atomic mass is 9.95. The van der Waals surface area contributed by atoms with Crippen LogP contribution in [0, 0.1) is 6.92 Å². The third-order valence-corrected chi connectivity index (χ3v) is 5.23. The van der Waals surface area contributed by atoms with Gasteiger partial charge in [-0.15, -0.1) is 0 Å². The molecule has 0 bridgehead atoms. The highest BCUT2D eigenvalue weighted by atomic mass is 16.5. The summed E-state index contributed by atoms with van der Waals surface area (Å²) in [5.41, 5.74) is 0.919. The number of carbonyl (C=O) groups excluding carboxylic acids is 2. The summed E-state index contributed by atoms with van der Waals surface area (Å²) in [6.07, 6.45) is 1.62. The van der Waals surface area contributed by atoms with Crippen LogP contribution in [0.5, 0.6) is 11.5 Å². The van der Waals surface area contributed by atoms with Crippen LogP contribution in [-0.4, -0.2) is 35.7 Å². The molecule has 1 atom stereocenters. The molecule has 168 valence electrons. The van der Waals surface area contributed by atoms with Crippen LogP contribution in [0.3, 0.4) is 0 Å². The van der Waals surface area contributed by atoms with E-state index in [9.17, 15) is 14.7 Å². The molecular formula is C25H22N2O6. The number of hydrogen-bond acceptors (Lipinski definition) is 7. The molecule has 2 heterocycles. The zero-order valence-electron chi connectivity index (χ0n) is 18.1. The molecule has 3 aromatic rings. The lowest BCUT2D eigenvalue weighted by Gasteiger charge is -2.23. The van der Waals surface area contributed by atoms with Gasteiger partial charge in [-0.05, 0) is 48.9 Å². The van der Waals surface area contributed by atoms with Crippen LogP contribution < -0.4 is 14.4 Å². The molecular weight excluding hydrogens is 424 g/mol. The van der Waals surface area contributed by atoms with E-state index in [-0.39, 0.29) is 17.2 Å². The first-order valence-electron chi connectivity index (χ1n) is 10.2. The zero-order chi connectivity index (χ0) is 23.5. The predicted octanol–water partition coefficient (Wildman–Crippen LogP) is 4.18. The molecule has 1 aromatic heterocycles. The van der Waals surface area contributed by atoms with Gasteiger partial charge in [-0.25, -0.2) is 0 Å². The Morgan fingerprint density at radius 1 is 1.15 bits per heavy atom. The second-order valence-corrected chi connectivity index (χ2v) is 7.36. The molecule has 0 aliphatic carbocycles. The second-order valence-electron chi connectivity index (χ2n) is 7.36. The highest BCUT2D eigenvalue weighted by Gasteiger charge is 2.48. The van der Waals surface area contributed by atoms with Gasteiger partial charge in [0.25, 0.3) is 5.78 Å². The standard InChI is InChI=1S/C25H22N2O6/c1-4-13-32-19-11-7-17(8-12-19)23(28)21-22(16-5-9-18(31-3)10-6-16)27(25(30)24(21)29)20-14-15(2)33-26-20/h4-12,14,22,28H,1,13H2,2-3H3/b23-21+/t22-/m0/s1. The van der Waals surface area contributed by atoms with E-state index in [1.54, 1.807) is 74.7 Å². The van der Waals surface area contributed by atoms with Crippen LogP contribution >= 0.6 is 0 Å². The fourth-order valence-electron chi connectivity index (χ4n) is 3.66. The van der Waals surface area contributed by atoms with Crippen LogP contribution in [-0.2, 0) is 9.59 Å². The molecule has 1 aliphatic rings.